The number of hydrogen-bond acceptors (Lipinski definition) is 3. The van der Waals surface area contributed by atoms with Crippen LogP contribution in [0.3, 0.4) is 0 Å². The molecular formula is C21H26N2O3S. The third-order valence-electron chi connectivity index (χ3n) is 4.90. The van der Waals surface area contributed by atoms with Crippen LogP contribution >= 0.6 is 0 Å². The molecule has 5 nitrogen and oxygen atoms in total. The van der Waals surface area contributed by atoms with Gasteiger partial charge in [0.1, 0.15) is 0 Å². The predicted molar refractivity (Wildman–Crippen MR) is 107 cm³/mol. The molecule has 1 N–H and O–H groups in total. The summed E-state index contributed by atoms with van der Waals surface area (Å²) in [6.07, 6.45) is 1.37. The highest BCUT2D eigenvalue weighted by Crippen LogP contribution is 2.25. The number of piperidine rings is 1. The van der Waals surface area contributed by atoms with Crippen molar-refractivity contribution in [3.8, 4) is 0 Å². The summed E-state index contributed by atoms with van der Waals surface area (Å²) < 4.78 is 27.3. The second-order valence-electron chi connectivity index (χ2n) is 7.38. The van der Waals surface area contributed by atoms with Gasteiger partial charge in [-0.25, -0.2) is 8.42 Å². The van der Waals surface area contributed by atoms with Gasteiger partial charge in [0.2, 0.25) is 15.9 Å². The van der Waals surface area contributed by atoms with Crippen LogP contribution in [0.2, 0.25) is 0 Å². The van der Waals surface area contributed by atoms with E-state index < -0.39 is 10.0 Å². The summed E-state index contributed by atoms with van der Waals surface area (Å²) in [4.78, 5) is 13.0. The number of carbonyl (C=O) groups excluding carboxylic acids is 1. The lowest BCUT2D eigenvalue weighted by molar-refractivity contribution is -0.120. The summed E-state index contributed by atoms with van der Waals surface area (Å²) in [6.45, 7) is 6.55. The van der Waals surface area contributed by atoms with Crippen LogP contribution < -0.4 is 5.32 Å². The molecule has 0 unspecified atom stereocenters. The molecule has 2 aromatic rings. The number of benzene rings is 2. The second kappa shape index (κ2) is 7.82. The number of amides is 1. The van der Waals surface area contributed by atoms with E-state index in [1.165, 1.54) is 4.31 Å². The average molecular weight is 387 g/mol. The zero-order chi connectivity index (χ0) is 19.6. The fourth-order valence-corrected chi connectivity index (χ4v) is 5.05. The first-order valence-corrected chi connectivity index (χ1v) is 10.7. The SMILES string of the molecule is Cc1ccc(S(=O)(=O)N2CCC[C@H](C(=O)Nc3cc(C)cc(C)c3)C2)cc1. The Hall–Kier alpha value is -2.18. The van der Waals surface area contributed by atoms with E-state index in [0.717, 1.165) is 22.4 Å². The second-order valence-corrected chi connectivity index (χ2v) is 9.32. The minimum Gasteiger partial charge on any atom is -0.326 e. The van der Waals surface area contributed by atoms with Gasteiger partial charge < -0.3 is 5.32 Å². The molecule has 1 atom stereocenters. The minimum absolute atomic E-state index is 0.121. The predicted octanol–water partition coefficient (Wildman–Crippen LogP) is 3.65. The largest absolute Gasteiger partial charge is 0.326 e. The van der Waals surface area contributed by atoms with Crippen LogP contribution in [0.5, 0.6) is 0 Å². The molecule has 0 saturated carbocycles. The number of anilines is 1. The van der Waals surface area contributed by atoms with Gasteiger partial charge in [-0.15, -0.1) is 0 Å². The summed E-state index contributed by atoms with van der Waals surface area (Å²) in [5.74, 6) is -0.469. The quantitative estimate of drug-likeness (QED) is 0.872. The van der Waals surface area contributed by atoms with Crippen LogP contribution in [0.1, 0.15) is 29.5 Å². The Morgan fingerprint density at radius 1 is 1.00 bits per heavy atom. The van der Waals surface area contributed by atoms with E-state index in [1.54, 1.807) is 24.3 Å². The van der Waals surface area contributed by atoms with Crippen LogP contribution in [-0.4, -0.2) is 31.7 Å². The van der Waals surface area contributed by atoms with Crippen LogP contribution in [0.25, 0.3) is 0 Å². The number of nitrogens with zero attached hydrogens (tertiary/aromatic N) is 1. The highest BCUT2D eigenvalue weighted by atomic mass is 32.2. The molecule has 1 saturated heterocycles. The standard InChI is InChI=1S/C21H26N2O3S/c1-15-6-8-20(9-7-15)27(25,26)23-10-4-5-18(14-23)21(24)22-19-12-16(2)11-17(3)13-19/h6-9,11-13,18H,4-5,10,14H2,1-3H3,(H,22,24)/t18-/m0/s1. The van der Waals surface area contributed by atoms with E-state index in [-0.39, 0.29) is 23.3 Å². The molecule has 1 amide bonds. The van der Waals surface area contributed by atoms with Crippen LogP contribution in [0.15, 0.2) is 47.4 Å². The summed E-state index contributed by atoms with van der Waals surface area (Å²) in [5.41, 5.74) is 3.93. The molecule has 1 heterocycles. The van der Waals surface area contributed by atoms with E-state index in [9.17, 15) is 13.2 Å². The zero-order valence-electron chi connectivity index (χ0n) is 16.0. The summed E-state index contributed by atoms with van der Waals surface area (Å²) in [5, 5.41) is 2.95. The van der Waals surface area contributed by atoms with Crippen molar-refractivity contribution in [2.45, 2.75) is 38.5 Å². The van der Waals surface area contributed by atoms with Crippen molar-refractivity contribution in [2.75, 3.05) is 18.4 Å². The molecule has 6 heteroatoms. The zero-order valence-corrected chi connectivity index (χ0v) is 16.8. The van der Waals surface area contributed by atoms with Gasteiger partial charge in [0.25, 0.3) is 0 Å². The molecule has 0 aliphatic carbocycles. The third-order valence-corrected chi connectivity index (χ3v) is 6.78. The fraction of sp³-hybridized carbons (Fsp3) is 0.381. The van der Waals surface area contributed by atoms with Crippen molar-refractivity contribution in [2.24, 2.45) is 5.92 Å². The minimum atomic E-state index is -3.58. The van der Waals surface area contributed by atoms with Gasteiger partial charge in [-0.05, 0) is 69.0 Å². The molecule has 0 aromatic heterocycles. The Kier molecular flexibility index (Phi) is 5.67. The van der Waals surface area contributed by atoms with Crippen LogP contribution in [0, 0.1) is 26.7 Å². The molecule has 0 radical (unpaired) electrons. The lowest BCUT2D eigenvalue weighted by Gasteiger charge is -2.31. The first-order chi connectivity index (χ1) is 12.8. The lowest BCUT2D eigenvalue weighted by atomic mass is 9.98. The van der Waals surface area contributed by atoms with Crippen molar-refractivity contribution in [1.82, 2.24) is 4.31 Å². The van der Waals surface area contributed by atoms with E-state index in [1.807, 2.05) is 39.0 Å². The maximum Gasteiger partial charge on any atom is 0.243 e. The van der Waals surface area contributed by atoms with Crippen molar-refractivity contribution < 1.29 is 13.2 Å². The van der Waals surface area contributed by atoms with Crippen molar-refractivity contribution in [3.05, 3.63) is 59.2 Å². The molecule has 3 rings (SSSR count). The van der Waals surface area contributed by atoms with Gasteiger partial charge in [0.05, 0.1) is 10.8 Å². The van der Waals surface area contributed by atoms with Gasteiger partial charge in [-0.2, -0.15) is 4.31 Å². The Morgan fingerprint density at radius 3 is 2.26 bits per heavy atom. The number of sulfonamides is 1. The number of aryl methyl sites for hydroxylation is 3. The average Bonchev–Trinajstić information content (AvgIpc) is 2.61. The summed E-state index contributed by atoms with van der Waals surface area (Å²) in [6, 6.07) is 12.7. The maximum absolute atomic E-state index is 12.9. The van der Waals surface area contributed by atoms with E-state index >= 15 is 0 Å². The topological polar surface area (TPSA) is 66.5 Å². The lowest BCUT2D eigenvalue weighted by Crippen LogP contribution is -2.43. The third kappa shape index (κ3) is 4.57. The van der Waals surface area contributed by atoms with E-state index in [4.69, 9.17) is 0 Å². The number of nitrogens with one attached hydrogen (secondary N) is 1. The van der Waals surface area contributed by atoms with Crippen molar-refractivity contribution in [3.63, 3.8) is 0 Å². The summed E-state index contributed by atoms with van der Waals surface area (Å²) >= 11 is 0. The normalized spacial score (nSPS) is 18.3. The monoisotopic (exact) mass is 386 g/mol. The number of hydrogen-bond donors (Lipinski definition) is 1. The van der Waals surface area contributed by atoms with Gasteiger partial charge in [0.15, 0.2) is 0 Å². The molecule has 1 aliphatic heterocycles. The highest BCUT2D eigenvalue weighted by molar-refractivity contribution is 7.89. The Bertz CT molecular complexity index is 916. The van der Waals surface area contributed by atoms with Gasteiger partial charge in [0, 0.05) is 18.8 Å². The first-order valence-electron chi connectivity index (χ1n) is 9.22. The Balaban J connectivity index is 1.73. The van der Waals surface area contributed by atoms with Crippen LogP contribution in [0.4, 0.5) is 5.69 Å². The molecule has 0 spiro atoms. The first kappa shape index (κ1) is 19.6. The number of rotatable bonds is 4. The highest BCUT2D eigenvalue weighted by Gasteiger charge is 2.33. The van der Waals surface area contributed by atoms with Gasteiger partial charge >= 0.3 is 0 Å². The summed E-state index contributed by atoms with van der Waals surface area (Å²) in [7, 11) is -3.58. The molecule has 0 bridgehead atoms. The molecule has 2 aromatic carbocycles. The van der Waals surface area contributed by atoms with Gasteiger partial charge in [-0.1, -0.05) is 23.8 Å². The number of carbonyl (C=O) groups is 1. The maximum atomic E-state index is 12.9. The Labute approximate surface area is 161 Å². The molecule has 144 valence electrons. The fourth-order valence-electron chi connectivity index (χ4n) is 3.53. The smallest absolute Gasteiger partial charge is 0.243 e. The van der Waals surface area contributed by atoms with Crippen molar-refractivity contribution in [1.29, 1.82) is 0 Å². The van der Waals surface area contributed by atoms with Crippen molar-refractivity contribution >= 4 is 21.6 Å². The molecule has 27 heavy (non-hydrogen) atoms. The van der Waals surface area contributed by atoms with E-state index in [2.05, 4.69) is 5.32 Å². The molecule has 1 fully saturated rings. The molecular weight excluding hydrogens is 360 g/mol. The Morgan fingerprint density at radius 2 is 1.63 bits per heavy atom. The van der Waals surface area contributed by atoms with E-state index in [0.29, 0.717) is 19.4 Å². The van der Waals surface area contributed by atoms with Crippen LogP contribution in [-0.2, 0) is 14.8 Å². The molecule has 1 aliphatic rings. The van der Waals surface area contributed by atoms with Gasteiger partial charge in [-0.3, -0.25) is 4.79 Å².